The fourth-order valence-electron chi connectivity index (χ4n) is 2.87. The Bertz CT molecular complexity index is 776. The summed E-state index contributed by atoms with van der Waals surface area (Å²) in [6.45, 7) is 4.38. The molecule has 122 valence electrons. The van der Waals surface area contributed by atoms with Crippen molar-refractivity contribution in [2.75, 3.05) is 18.8 Å². The summed E-state index contributed by atoms with van der Waals surface area (Å²) in [5, 5.41) is 0. The minimum Gasteiger partial charge on any atom is -0.297 e. The maximum Gasteiger partial charge on any atom is 0.178 e. The number of fused-ring (bicyclic) bond motifs is 1. The fourth-order valence-corrected chi connectivity index (χ4v) is 4.19. The summed E-state index contributed by atoms with van der Waals surface area (Å²) in [6.07, 6.45) is 3.48. The van der Waals surface area contributed by atoms with Crippen LogP contribution < -0.4 is 0 Å². The van der Waals surface area contributed by atoms with E-state index in [9.17, 15) is 8.42 Å². The molecule has 5 nitrogen and oxygen atoms in total. The van der Waals surface area contributed by atoms with Gasteiger partial charge in [0.25, 0.3) is 0 Å². The molecule has 0 amide bonds. The molecule has 2 heterocycles. The van der Waals surface area contributed by atoms with Crippen LogP contribution in [0.25, 0.3) is 0 Å². The highest BCUT2D eigenvalue weighted by Crippen LogP contribution is 2.17. The van der Waals surface area contributed by atoms with Crippen molar-refractivity contribution in [3.8, 4) is 0 Å². The molecule has 0 spiro atoms. The minimum absolute atomic E-state index is 0.184. The Morgan fingerprint density at radius 3 is 2.78 bits per heavy atom. The highest BCUT2D eigenvalue weighted by molar-refractivity contribution is 7.91. The SMILES string of the molecule is Cc1ncc2c(n1)CN(CCCS(=O)(=O)c1ccccc1)CC2. The van der Waals surface area contributed by atoms with Crippen LogP contribution in [0.3, 0.4) is 0 Å². The van der Waals surface area contributed by atoms with Crippen molar-refractivity contribution in [3.63, 3.8) is 0 Å². The maximum atomic E-state index is 12.3. The fraction of sp³-hybridized carbons (Fsp3) is 0.412. The Balaban J connectivity index is 1.56. The van der Waals surface area contributed by atoms with E-state index in [1.165, 1.54) is 5.56 Å². The number of hydrogen-bond acceptors (Lipinski definition) is 5. The van der Waals surface area contributed by atoms with E-state index in [0.29, 0.717) is 11.3 Å². The van der Waals surface area contributed by atoms with Gasteiger partial charge in [0.2, 0.25) is 0 Å². The van der Waals surface area contributed by atoms with E-state index in [-0.39, 0.29) is 5.75 Å². The first-order valence-corrected chi connectivity index (χ1v) is 9.51. The van der Waals surface area contributed by atoms with E-state index in [1.54, 1.807) is 24.3 Å². The first-order chi connectivity index (χ1) is 11.0. The second-order valence-electron chi connectivity index (χ2n) is 5.90. The summed E-state index contributed by atoms with van der Waals surface area (Å²) < 4.78 is 24.6. The first-order valence-electron chi connectivity index (χ1n) is 7.86. The Morgan fingerprint density at radius 2 is 2.00 bits per heavy atom. The topological polar surface area (TPSA) is 63.2 Å². The summed E-state index contributed by atoms with van der Waals surface area (Å²) in [4.78, 5) is 11.4. The van der Waals surface area contributed by atoms with Crippen LogP contribution in [0.5, 0.6) is 0 Å². The van der Waals surface area contributed by atoms with E-state index in [1.807, 2.05) is 19.2 Å². The van der Waals surface area contributed by atoms with Gasteiger partial charge in [-0.1, -0.05) is 18.2 Å². The zero-order valence-corrected chi connectivity index (χ0v) is 14.1. The average molecular weight is 331 g/mol. The molecule has 0 atom stereocenters. The van der Waals surface area contributed by atoms with Gasteiger partial charge in [-0.05, 0) is 44.0 Å². The Hall–Kier alpha value is -1.79. The molecule has 0 fully saturated rings. The summed E-state index contributed by atoms with van der Waals surface area (Å²) in [5.41, 5.74) is 2.29. The number of sulfone groups is 1. The quantitative estimate of drug-likeness (QED) is 0.838. The molecule has 0 unspecified atom stereocenters. The molecule has 23 heavy (non-hydrogen) atoms. The monoisotopic (exact) mass is 331 g/mol. The third-order valence-corrected chi connectivity index (χ3v) is 5.95. The number of aryl methyl sites for hydroxylation is 1. The van der Waals surface area contributed by atoms with Gasteiger partial charge in [0, 0.05) is 19.3 Å². The van der Waals surface area contributed by atoms with Gasteiger partial charge in [0.1, 0.15) is 5.82 Å². The van der Waals surface area contributed by atoms with Crippen LogP contribution in [-0.4, -0.2) is 42.1 Å². The molecule has 1 aliphatic rings. The number of nitrogens with zero attached hydrogens (tertiary/aromatic N) is 3. The predicted octanol–water partition coefficient (Wildman–Crippen LogP) is 2.01. The number of aromatic nitrogens is 2. The standard InChI is InChI=1S/C17H21N3O2S/c1-14-18-12-15-8-10-20(13-17(15)19-14)9-5-11-23(21,22)16-6-3-2-4-7-16/h2-4,6-7,12H,5,8-11,13H2,1H3. The number of rotatable bonds is 5. The molecule has 0 saturated heterocycles. The molecule has 2 aromatic rings. The zero-order chi connectivity index (χ0) is 16.3. The van der Waals surface area contributed by atoms with Crippen molar-refractivity contribution < 1.29 is 8.42 Å². The summed E-state index contributed by atoms with van der Waals surface area (Å²) in [5.74, 6) is 0.973. The van der Waals surface area contributed by atoms with Crippen LogP contribution in [0.2, 0.25) is 0 Å². The first kappa shape index (κ1) is 16.1. The normalized spacial score (nSPS) is 15.3. The summed E-state index contributed by atoms with van der Waals surface area (Å²) in [6, 6.07) is 8.67. The van der Waals surface area contributed by atoms with Crippen LogP contribution in [0, 0.1) is 6.92 Å². The van der Waals surface area contributed by atoms with Gasteiger partial charge >= 0.3 is 0 Å². The molecule has 1 aromatic carbocycles. The van der Waals surface area contributed by atoms with E-state index < -0.39 is 9.84 Å². The van der Waals surface area contributed by atoms with Gasteiger partial charge in [-0.3, -0.25) is 4.90 Å². The van der Waals surface area contributed by atoms with E-state index >= 15 is 0 Å². The molecule has 0 radical (unpaired) electrons. The molecule has 0 bridgehead atoms. The van der Waals surface area contributed by atoms with Gasteiger partial charge in [0.15, 0.2) is 9.84 Å². The average Bonchev–Trinajstić information content (AvgIpc) is 2.55. The molecular weight excluding hydrogens is 310 g/mol. The van der Waals surface area contributed by atoms with Crippen LogP contribution in [0.1, 0.15) is 23.5 Å². The van der Waals surface area contributed by atoms with Crippen molar-refractivity contribution in [2.45, 2.75) is 31.2 Å². The Kier molecular flexibility index (Phi) is 4.73. The molecule has 0 saturated carbocycles. The minimum atomic E-state index is -3.18. The zero-order valence-electron chi connectivity index (χ0n) is 13.3. The van der Waals surface area contributed by atoms with Crippen molar-refractivity contribution >= 4 is 9.84 Å². The predicted molar refractivity (Wildman–Crippen MR) is 88.9 cm³/mol. The molecule has 3 rings (SSSR count). The van der Waals surface area contributed by atoms with Gasteiger partial charge in [-0.2, -0.15) is 0 Å². The summed E-state index contributed by atoms with van der Waals surface area (Å²) >= 11 is 0. The van der Waals surface area contributed by atoms with Crippen LogP contribution in [-0.2, 0) is 22.8 Å². The lowest BCUT2D eigenvalue weighted by Gasteiger charge is -2.27. The second kappa shape index (κ2) is 6.76. The Morgan fingerprint density at radius 1 is 1.22 bits per heavy atom. The van der Waals surface area contributed by atoms with E-state index in [4.69, 9.17) is 0 Å². The molecule has 0 aliphatic carbocycles. The maximum absolute atomic E-state index is 12.3. The van der Waals surface area contributed by atoms with Gasteiger partial charge < -0.3 is 0 Å². The van der Waals surface area contributed by atoms with Gasteiger partial charge in [0.05, 0.1) is 16.3 Å². The van der Waals surface area contributed by atoms with Crippen LogP contribution in [0.15, 0.2) is 41.4 Å². The molecule has 1 aliphatic heterocycles. The van der Waals surface area contributed by atoms with E-state index in [0.717, 1.165) is 37.6 Å². The van der Waals surface area contributed by atoms with E-state index in [2.05, 4.69) is 14.9 Å². The van der Waals surface area contributed by atoms with Crippen LogP contribution in [0.4, 0.5) is 0 Å². The van der Waals surface area contributed by atoms with Crippen molar-refractivity contribution in [1.29, 1.82) is 0 Å². The van der Waals surface area contributed by atoms with Crippen molar-refractivity contribution in [3.05, 3.63) is 53.6 Å². The van der Waals surface area contributed by atoms with Crippen molar-refractivity contribution in [1.82, 2.24) is 14.9 Å². The van der Waals surface area contributed by atoms with Gasteiger partial charge in [-0.25, -0.2) is 18.4 Å². The molecular formula is C17H21N3O2S. The Labute approximate surface area is 137 Å². The molecule has 6 heteroatoms. The molecule has 1 aromatic heterocycles. The third kappa shape index (κ3) is 3.95. The van der Waals surface area contributed by atoms with Crippen LogP contribution >= 0.6 is 0 Å². The lowest BCUT2D eigenvalue weighted by molar-refractivity contribution is 0.250. The number of hydrogen-bond donors (Lipinski definition) is 0. The highest BCUT2D eigenvalue weighted by atomic mass is 32.2. The lowest BCUT2D eigenvalue weighted by atomic mass is 10.1. The lowest BCUT2D eigenvalue weighted by Crippen LogP contribution is -2.33. The molecule has 0 N–H and O–H groups in total. The van der Waals surface area contributed by atoms with Gasteiger partial charge in [-0.15, -0.1) is 0 Å². The second-order valence-corrected chi connectivity index (χ2v) is 8.01. The smallest absolute Gasteiger partial charge is 0.178 e. The number of benzene rings is 1. The third-order valence-electron chi connectivity index (χ3n) is 4.14. The van der Waals surface area contributed by atoms with Crippen molar-refractivity contribution in [2.24, 2.45) is 0 Å². The summed E-state index contributed by atoms with van der Waals surface area (Å²) in [7, 11) is -3.18. The largest absolute Gasteiger partial charge is 0.297 e. The highest BCUT2D eigenvalue weighted by Gasteiger charge is 2.19.